The molecular weight excluding hydrogens is 232 g/mol. The molecule has 0 aliphatic carbocycles. The zero-order chi connectivity index (χ0) is 12.7. The minimum atomic E-state index is -2.85. The third-order valence-electron chi connectivity index (χ3n) is 1.79. The highest BCUT2D eigenvalue weighted by Gasteiger charge is 2.03. The number of anilines is 1. The van der Waals surface area contributed by atoms with E-state index in [0.717, 1.165) is 0 Å². The molecule has 0 saturated heterocycles. The van der Waals surface area contributed by atoms with Gasteiger partial charge in [0.15, 0.2) is 0 Å². The first-order valence-electron chi connectivity index (χ1n) is 4.64. The summed E-state index contributed by atoms with van der Waals surface area (Å²) in [6.45, 7) is -3.21. The lowest BCUT2D eigenvalue weighted by molar-refractivity contribution is -0.0498. The predicted octanol–water partition coefficient (Wildman–Crippen LogP) is 2.56. The van der Waals surface area contributed by atoms with Gasteiger partial charge in [0.25, 0.3) is 0 Å². The quantitative estimate of drug-likeness (QED) is 0.672. The summed E-state index contributed by atoms with van der Waals surface area (Å²) in [5.41, 5.74) is 7.44. The first-order valence-corrected chi connectivity index (χ1v) is 4.64. The predicted molar refractivity (Wildman–Crippen MR) is 57.0 cm³/mol. The van der Waals surface area contributed by atoms with Gasteiger partial charge in [-0.05, 0) is 24.3 Å². The van der Waals surface area contributed by atoms with Crippen molar-refractivity contribution in [2.24, 2.45) is 5.11 Å². The second-order valence-electron chi connectivity index (χ2n) is 2.95. The van der Waals surface area contributed by atoms with Crippen molar-refractivity contribution in [3.63, 3.8) is 0 Å². The molecule has 17 heavy (non-hydrogen) atoms. The number of ether oxygens (including phenoxy) is 1. The molecule has 0 saturated carbocycles. The number of hydrogen-bond donors (Lipinski definition) is 3. The molecule has 0 aromatic heterocycles. The molecule has 0 aliphatic rings. The summed E-state index contributed by atoms with van der Waals surface area (Å²) in [4.78, 5) is 0. The molecule has 0 unspecified atom stereocenters. The molecule has 92 valence electrons. The van der Waals surface area contributed by atoms with Gasteiger partial charge in [0.05, 0.1) is 6.61 Å². The van der Waals surface area contributed by atoms with E-state index < -0.39 is 6.61 Å². The van der Waals surface area contributed by atoms with Gasteiger partial charge in [-0.25, -0.2) is 5.53 Å². The Labute approximate surface area is 96.2 Å². The van der Waals surface area contributed by atoms with Gasteiger partial charge >= 0.3 is 6.61 Å². The first kappa shape index (κ1) is 13.0. The Balaban J connectivity index is 2.62. The molecule has 5 nitrogen and oxygen atoms in total. The first-order chi connectivity index (χ1) is 8.15. The van der Waals surface area contributed by atoms with Gasteiger partial charge in [-0.2, -0.15) is 13.9 Å². The van der Waals surface area contributed by atoms with Crippen molar-refractivity contribution < 1.29 is 18.6 Å². The topological polar surface area (TPSA) is 77.7 Å². The second-order valence-corrected chi connectivity index (χ2v) is 2.95. The maximum Gasteiger partial charge on any atom is 0.387 e. The second kappa shape index (κ2) is 6.54. The third kappa shape index (κ3) is 4.56. The fourth-order valence-corrected chi connectivity index (χ4v) is 1.01. The number of aliphatic hydroxyl groups is 1. The summed E-state index contributed by atoms with van der Waals surface area (Å²) in [5.74, 6) is 0.0575. The van der Waals surface area contributed by atoms with E-state index in [1.165, 1.54) is 30.5 Å². The highest BCUT2D eigenvalue weighted by molar-refractivity contribution is 5.48. The van der Waals surface area contributed by atoms with Crippen LogP contribution in [0.2, 0.25) is 0 Å². The summed E-state index contributed by atoms with van der Waals surface area (Å²) in [7, 11) is 0. The Morgan fingerprint density at radius 3 is 2.59 bits per heavy atom. The average molecular weight is 243 g/mol. The standard InChI is InChI=1S/C10H11F2N3O2/c11-10(12)17-9-3-1-7(2-4-9)14-5-8(6-16)15-13/h1-5,10,13-14,16H,6H2/b8-5-,15-13?. The van der Waals surface area contributed by atoms with Gasteiger partial charge in [0, 0.05) is 11.9 Å². The van der Waals surface area contributed by atoms with Gasteiger partial charge in [-0.3, -0.25) is 0 Å². The lowest BCUT2D eigenvalue weighted by Gasteiger charge is -2.05. The summed E-state index contributed by atoms with van der Waals surface area (Å²) in [5, 5.41) is 14.5. The molecule has 0 aliphatic heterocycles. The number of hydrogen-bond acceptors (Lipinski definition) is 5. The molecule has 0 bridgehead atoms. The zero-order valence-electron chi connectivity index (χ0n) is 8.73. The smallest absolute Gasteiger partial charge is 0.387 e. The monoisotopic (exact) mass is 243 g/mol. The molecule has 1 aromatic carbocycles. The van der Waals surface area contributed by atoms with Crippen molar-refractivity contribution in [1.82, 2.24) is 0 Å². The van der Waals surface area contributed by atoms with Crippen LogP contribution < -0.4 is 10.1 Å². The molecular formula is C10H11F2N3O2. The lowest BCUT2D eigenvalue weighted by Crippen LogP contribution is -2.01. The van der Waals surface area contributed by atoms with E-state index in [0.29, 0.717) is 5.69 Å². The molecule has 0 heterocycles. The van der Waals surface area contributed by atoms with E-state index in [1.54, 1.807) is 0 Å². The van der Waals surface area contributed by atoms with Gasteiger partial charge in [-0.1, -0.05) is 0 Å². The minimum absolute atomic E-state index is 0.0575. The van der Waals surface area contributed by atoms with Crippen LogP contribution in [0.4, 0.5) is 14.5 Å². The van der Waals surface area contributed by atoms with Crippen LogP contribution in [0.5, 0.6) is 5.75 Å². The summed E-state index contributed by atoms with van der Waals surface area (Å²) in [6, 6.07) is 5.79. The number of nitrogens with zero attached hydrogens (tertiary/aromatic N) is 1. The fourth-order valence-electron chi connectivity index (χ4n) is 1.01. The van der Waals surface area contributed by atoms with Crippen molar-refractivity contribution in [2.45, 2.75) is 6.61 Å². The van der Waals surface area contributed by atoms with E-state index >= 15 is 0 Å². The van der Waals surface area contributed by atoms with Crippen molar-refractivity contribution in [1.29, 1.82) is 5.53 Å². The number of rotatable bonds is 6. The molecule has 1 rings (SSSR count). The summed E-state index contributed by atoms with van der Waals surface area (Å²) in [6.07, 6.45) is 1.34. The number of alkyl halides is 2. The Morgan fingerprint density at radius 2 is 2.12 bits per heavy atom. The van der Waals surface area contributed by atoms with Crippen molar-refractivity contribution in [3.05, 3.63) is 36.2 Å². The maximum absolute atomic E-state index is 11.9. The average Bonchev–Trinajstić information content (AvgIpc) is 2.32. The number of benzene rings is 1. The van der Waals surface area contributed by atoms with Crippen molar-refractivity contribution in [2.75, 3.05) is 11.9 Å². The molecule has 0 atom stereocenters. The van der Waals surface area contributed by atoms with E-state index in [2.05, 4.69) is 15.2 Å². The van der Waals surface area contributed by atoms with Crippen LogP contribution in [0.3, 0.4) is 0 Å². The Hall–Kier alpha value is -2.02. The van der Waals surface area contributed by atoms with Crippen LogP contribution in [0, 0.1) is 5.53 Å². The van der Waals surface area contributed by atoms with E-state index in [-0.39, 0.29) is 18.1 Å². The molecule has 0 fully saturated rings. The van der Waals surface area contributed by atoms with Crippen LogP contribution in [-0.2, 0) is 0 Å². The van der Waals surface area contributed by atoms with E-state index in [4.69, 9.17) is 10.6 Å². The normalized spacial score (nSPS) is 11.4. The van der Waals surface area contributed by atoms with Crippen LogP contribution in [-0.4, -0.2) is 18.3 Å². The fraction of sp³-hybridized carbons (Fsp3) is 0.200. The molecule has 3 N–H and O–H groups in total. The van der Waals surface area contributed by atoms with Crippen LogP contribution >= 0.6 is 0 Å². The van der Waals surface area contributed by atoms with Crippen molar-refractivity contribution >= 4 is 5.69 Å². The van der Waals surface area contributed by atoms with Gasteiger partial charge in [-0.15, -0.1) is 0 Å². The number of nitrogens with one attached hydrogen (secondary N) is 2. The molecule has 0 amide bonds. The molecule has 1 aromatic rings. The van der Waals surface area contributed by atoms with Gasteiger partial charge in [0.2, 0.25) is 0 Å². The van der Waals surface area contributed by atoms with E-state index in [9.17, 15) is 8.78 Å². The third-order valence-corrected chi connectivity index (χ3v) is 1.79. The van der Waals surface area contributed by atoms with Crippen LogP contribution in [0.1, 0.15) is 0 Å². The van der Waals surface area contributed by atoms with Crippen LogP contribution in [0.25, 0.3) is 0 Å². The van der Waals surface area contributed by atoms with E-state index in [1.807, 2.05) is 0 Å². The summed E-state index contributed by atoms with van der Waals surface area (Å²) < 4.78 is 27.9. The highest BCUT2D eigenvalue weighted by atomic mass is 19.3. The van der Waals surface area contributed by atoms with Crippen molar-refractivity contribution in [3.8, 4) is 5.75 Å². The minimum Gasteiger partial charge on any atom is -0.435 e. The highest BCUT2D eigenvalue weighted by Crippen LogP contribution is 2.17. The SMILES string of the molecule is N=N/C(=C\Nc1ccc(OC(F)F)cc1)CO. The molecule has 0 spiro atoms. The Bertz CT molecular complexity index is 393. The Kier molecular flexibility index (Phi) is 5.02. The lowest BCUT2D eigenvalue weighted by atomic mass is 10.3. The van der Waals surface area contributed by atoms with Gasteiger partial charge < -0.3 is 15.2 Å². The zero-order valence-corrected chi connectivity index (χ0v) is 8.73. The van der Waals surface area contributed by atoms with Crippen LogP contribution in [0.15, 0.2) is 41.3 Å². The molecule has 0 radical (unpaired) electrons. The van der Waals surface area contributed by atoms with Gasteiger partial charge in [0.1, 0.15) is 11.4 Å². The largest absolute Gasteiger partial charge is 0.435 e. The molecule has 7 heteroatoms. The maximum atomic E-state index is 11.9. The number of halogens is 2. The number of aliphatic hydroxyl groups excluding tert-OH is 1. The summed E-state index contributed by atoms with van der Waals surface area (Å²) >= 11 is 0. The Morgan fingerprint density at radius 1 is 1.47 bits per heavy atom.